The van der Waals surface area contributed by atoms with Crippen molar-refractivity contribution >= 4 is 27.3 Å². The summed E-state index contributed by atoms with van der Waals surface area (Å²) in [4.78, 5) is 5.52. The lowest BCUT2D eigenvalue weighted by Gasteiger charge is -2.33. The van der Waals surface area contributed by atoms with E-state index in [1.165, 1.54) is 6.42 Å². The Balaban J connectivity index is 1.80. The molecule has 108 valence electrons. The van der Waals surface area contributed by atoms with Crippen LogP contribution in [0.1, 0.15) is 44.9 Å². The Bertz CT molecular complexity index is 587. The van der Waals surface area contributed by atoms with Crippen molar-refractivity contribution in [3.63, 3.8) is 0 Å². The molecule has 0 aromatic carbocycles. The molecule has 0 bridgehead atoms. The molecule has 1 fully saturated rings. The van der Waals surface area contributed by atoms with E-state index in [1.807, 2.05) is 12.1 Å². The molecule has 0 radical (unpaired) electrons. The van der Waals surface area contributed by atoms with Crippen LogP contribution in [0.4, 0.5) is 0 Å². The van der Waals surface area contributed by atoms with Crippen LogP contribution in [0.2, 0.25) is 0 Å². The number of rotatable bonds is 3. The van der Waals surface area contributed by atoms with E-state index in [2.05, 4.69) is 33.0 Å². The summed E-state index contributed by atoms with van der Waals surface area (Å²) in [5.74, 6) is 2.02. The molecule has 0 unspecified atom stereocenters. The molecule has 0 aliphatic heterocycles. The number of nitrogens with zero attached hydrogens (tertiary/aromatic N) is 2. The second kappa shape index (κ2) is 5.58. The molecule has 2 aromatic heterocycles. The molecule has 6 heteroatoms. The average molecular weight is 356 g/mol. The van der Waals surface area contributed by atoms with E-state index < -0.39 is 5.54 Å². The molecule has 1 aliphatic rings. The lowest BCUT2D eigenvalue weighted by Crippen LogP contribution is -2.40. The highest BCUT2D eigenvalue weighted by atomic mass is 79.9. The van der Waals surface area contributed by atoms with Gasteiger partial charge in [0.1, 0.15) is 0 Å². The summed E-state index contributed by atoms with van der Waals surface area (Å²) in [7, 11) is 0. The first-order chi connectivity index (χ1) is 9.60. The predicted octanol–water partition coefficient (Wildman–Crippen LogP) is 4.31. The van der Waals surface area contributed by atoms with Crippen LogP contribution in [0.5, 0.6) is 0 Å². The fourth-order valence-corrected chi connectivity index (χ4v) is 4.09. The molecule has 2 heterocycles. The van der Waals surface area contributed by atoms with Gasteiger partial charge < -0.3 is 10.3 Å². The van der Waals surface area contributed by atoms with Crippen LogP contribution in [-0.2, 0) is 5.54 Å². The van der Waals surface area contributed by atoms with Crippen molar-refractivity contribution in [1.82, 2.24) is 10.1 Å². The number of hydrogen-bond acceptors (Lipinski definition) is 5. The van der Waals surface area contributed by atoms with Crippen LogP contribution in [0.3, 0.4) is 0 Å². The molecule has 0 saturated heterocycles. The van der Waals surface area contributed by atoms with E-state index in [-0.39, 0.29) is 0 Å². The van der Waals surface area contributed by atoms with Crippen molar-refractivity contribution in [1.29, 1.82) is 0 Å². The van der Waals surface area contributed by atoms with Crippen LogP contribution in [0.25, 0.3) is 10.7 Å². The number of thiophene rings is 1. The van der Waals surface area contributed by atoms with Gasteiger partial charge >= 0.3 is 0 Å². The summed E-state index contributed by atoms with van der Waals surface area (Å²) in [6.07, 6.45) is 5.39. The average Bonchev–Trinajstić information content (AvgIpc) is 3.08. The Morgan fingerprint density at radius 2 is 2.20 bits per heavy atom. The van der Waals surface area contributed by atoms with Gasteiger partial charge in [-0.25, -0.2) is 0 Å². The van der Waals surface area contributed by atoms with Gasteiger partial charge in [-0.15, -0.1) is 11.3 Å². The van der Waals surface area contributed by atoms with Crippen molar-refractivity contribution in [2.45, 2.75) is 44.6 Å². The standard InChI is InChI=1S/C14H18BrN3OS/c1-2-9-5-7-14(16,8-6-9)13-17-12(18-19-13)10-3-4-11(15)20-10/h3-4,9H,2,5-8,16H2,1H3. The predicted molar refractivity (Wildman–Crippen MR) is 83.4 cm³/mol. The second-order valence-electron chi connectivity index (χ2n) is 5.53. The van der Waals surface area contributed by atoms with E-state index in [9.17, 15) is 0 Å². The van der Waals surface area contributed by atoms with E-state index in [0.29, 0.717) is 11.7 Å². The summed E-state index contributed by atoms with van der Waals surface area (Å²) in [5.41, 5.74) is 6.05. The van der Waals surface area contributed by atoms with Crippen molar-refractivity contribution < 1.29 is 4.52 Å². The Morgan fingerprint density at radius 1 is 1.45 bits per heavy atom. The van der Waals surface area contributed by atoms with Gasteiger partial charge in [-0.05, 0) is 59.7 Å². The Morgan fingerprint density at radius 3 is 2.80 bits per heavy atom. The number of hydrogen-bond donors (Lipinski definition) is 1. The zero-order chi connectivity index (χ0) is 14.2. The third kappa shape index (κ3) is 2.69. The third-order valence-corrected chi connectivity index (χ3v) is 5.84. The van der Waals surface area contributed by atoms with Gasteiger partial charge in [-0.2, -0.15) is 4.98 Å². The topological polar surface area (TPSA) is 64.9 Å². The number of aromatic nitrogens is 2. The van der Waals surface area contributed by atoms with Gasteiger partial charge in [0, 0.05) is 0 Å². The zero-order valence-corrected chi connectivity index (χ0v) is 13.8. The Hall–Kier alpha value is -0.720. The second-order valence-corrected chi connectivity index (χ2v) is 8.00. The molecular formula is C14H18BrN3OS. The maximum atomic E-state index is 6.49. The van der Waals surface area contributed by atoms with Crippen LogP contribution in [0, 0.1) is 5.92 Å². The molecule has 0 amide bonds. The first-order valence-corrected chi connectivity index (χ1v) is 8.60. The minimum absolute atomic E-state index is 0.439. The molecule has 20 heavy (non-hydrogen) atoms. The molecule has 1 aliphatic carbocycles. The summed E-state index contributed by atoms with van der Waals surface area (Å²) in [6.45, 7) is 2.24. The van der Waals surface area contributed by atoms with Gasteiger partial charge in [0.15, 0.2) is 0 Å². The molecule has 4 nitrogen and oxygen atoms in total. The smallest absolute Gasteiger partial charge is 0.247 e. The van der Waals surface area contributed by atoms with Crippen LogP contribution in [0.15, 0.2) is 20.4 Å². The lowest BCUT2D eigenvalue weighted by molar-refractivity contribution is 0.181. The van der Waals surface area contributed by atoms with E-state index >= 15 is 0 Å². The van der Waals surface area contributed by atoms with Gasteiger partial charge in [-0.3, -0.25) is 0 Å². The van der Waals surface area contributed by atoms with Crippen molar-refractivity contribution in [3.8, 4) is 10.7 Å². The van der Waals surface area contributed by atoms with E-state index in [4.69, 9.17) is 10.3 Å². The maximum absolute atomic E-state index is 6.49. The molecule has 1 saturated carbocycles. The highest BCUT2D eigenvalue weighted by molar-refractivity contribution is 9.11. The van der Waals surface area contributed by atoms with Gasteiger partial charge in [-0.1, -0.05) is 18.5 Å². The molecule has 2 N–H and O–H groups in total. The minimum atomic E-state index is -0.439. The first kappa shape index (κ1) is 14.2. The Kier molecular flexibility index (Phi) is 3.97. The van der Waals surface area contributed by atoms with E-state index in [0.717, 1.165) is 40.3 Å². The monoisotopic (exact) mass is 355 g/mol. The van der Waals surface area contributed by atoms with Gasteiger partial charge in [0.25, 0.3) is 0 Å². The fourth-order valence-electron chi connectivity index (χ4n) is 2.78. The molecular weight excluding hydrogens is 338 g/mol. The van der Waals surface area contributed by atoms with Crippen LogP contribution < -0.4 is 5.73 Å². The van der Waals surface area contributed by atoms with Gasteiger partial charge in [0.2, 0.25) is 11.7 Å². The summed E-state index contributed by atoms with van der Waals surface area (Å²) in [5, 5.41) is 4.08. The van der Waals surface area contributed by atoms with Crippen molar-refractivity contribution in [3.05, 3.63) is 21.8 Å². The highest BCUT2D eigenvalue weighted by Gasteiger charge is 2.37. The van der Waals surface area contributed by atoms with Gasteiger partial charge in [0.05, 0.1) is 14.2 Å². The number of halogens is 1. The molecule has 3 rings (SSSR count). The quantitative estimate of drug-likeness (QED) is 0.890. The largest absolute Gasteiger partial charge is 0.337 e. The summed E-state index contributed by atoms with van der Waals surface area (Å²) in [6, 6.07) is 3.97. The summed E-state index contributed by atoms with van der Waals surface area (Å²) < 4.78 is 6.50. The van der Waals surface area contributed by atoms with Crippen LogP contribution in [-0.4, -0.2) is 10.1 Å². The molecule has 0 atom stereocenters. The molecule has 0 spiro atoms. The third-order valence-electron chi connectivity index (χ3n) is 4.22. The SMILES string of the molecule is CCC1CCC(N)(c2nc(-c3ccc(Br)s3)no2)CC1. The first-order valence-electron chi connectivity index (χ1n) is 6.99. The fraction of sp³-hybridized carbons (Fsp3) is 0.571. The Labute approximate surface area is 130 Å². The molecule has 2 aromatic rings. The minimum Gasteiger partial charge on any atom is -0.337 e. The van der Waals surface area contributed by atoms with Crippen molar-refractivity contribution in [2.24, 2.45) is 11.7 Å². The zero-order valence-electron chi connectivity index (χ0n) is 11.4. The maximum Gasteiger partial charge on any atom is 0.247 e. The normalized spacial score (nSPS) is 26.9. The van der Waals surface area contributed by atoms with Crippen LogP contribution >= 0.6 is 27.3 Å². The van der Waals surface area contributed by atoms with Crippen molar-refractivity contribution in [2.75, 3.05) is 0 Å². The summed E-state index contributed by atoms with van der Waals surface area (Å²) >= 11 is 5.04. The lowest BCUT2D eigenvalue weighted by atomic mass is 9.76. The van der Waals surface area contributed by atoms with E-state index in [1.54, 1.807) is 11.3 Å². The number of nitrogens with two attached hydrogens (primary N) is 1. The highest BCUT2D eigenvalue weighted by Crippen LogP contribution is 2.39.